The molecule has 0 unspecified atom stereocenters. The van der Waals surface area contributed by atoms with Gasteiger partial charge in [0.25, 0.3) is 0 Å². The number of rotatable bonds is 6. The molecule has 0 radical (unpaired) electrons. The summed E-state index contributed by atoms with van der Waals surface area (Å²) in [6.07, 6.45) is -0.293. The average molecular weight is 434 g/mol. The van der Waals surface area contributed by atoms with Gasteiger partial charge in [-0.05, 0) is 43.6 Å². The van der Waals surface area contributed by atoms with E-state index in [4.69, 9.17) is 4.74 Å². The van der Waals surface area contributed by atoms with Crippen molar-refractivity contribution >= 4 is 40.0 Å². The van der Waals surface area contributed by atoms with E-state index in [0.717, 1.165) is 15.9 Å². The van der Waals surface area contributed by atoms with Crippen LogP contribution >= 0.6 is 6.89 Å². The highest BCUT2D eigenvalue weighted by atomic mass is 31.2. The van der Waals surface area contributed by atoms with Crippen LogP contribution in [0.1, 0.15) is 27.2 Å². The summed E-state index contributed by atoms with van der Waals surface area (Å²) < 4.78 is 5.52. The Hall–Kier alpha value is -3.10. The van der Waals surface area contributed by atoms with Crippen molar-refractivity contribution in [3.05, 3.63) is 91.0 Å². The maximum Gasteiger partial charge on any atom is 0.333 e. The summed E-state index contributed by atoms with van der Waals surface area (Å²) in [4.78, 5) is 25.6. The summed E-state index contributed by atoms with van der Waals surface area (Å²) in [5.74, 6) is -1.63. The van der Waals surface area contributed by atoms with Crippen molar-refractivity contribution in [2.24, 2.45) is 0 Å². The summed E-state index contributed by atoms with van der Waals surface area (Å²) in [5.41, 5.74) is -0.700. The van der Waals surface area contributed by atoms with E-state index in [1.807, 2.05) is 91.0 Å². The lowest BCUT2D eigenvalue weighted by molar-refractivity contribution is -0.153. The monoisotopic (exact) mass is 434 g/mol. The quantitative estimate of drug-likeness (QED) is 0.471. The SMILES string of the molecule is CC(C)(C)OC(=O)CC(C(=O)O)=P(c1ccccc1)(c1ccccc1)c1ccccc1. The van der Waals surface area contributed by atoms with Crippen LogP contribution in [0.4, 0.5) is 0 Å². The fourth-order valence-corrected chi connectivity index (χ4v) is 8.06. The third-order valence-electron chi connectivity index (χ3n) is 4.81. The van der Waals surface area contributed by atoms with Crippen molar-refractivity contribution in [3.8, 4) is 0 Å². The lowest BCUT2D eigenvalue weighted by Crippen LogP contribution is -2.35. The molecule has 1 N–H and O–H groups in total. The third kappa shape index (κ3) is 4.98. The number of ether oxygens (including phenoxy) is 1. The molecule has 0 heterocycles. The minimum absolute atomic E-state index is 0.158. The van der Waals surface area contributed by atoms with E-state index in [1.54, 1.807) is 20.8 Å². The number of aliphatic carboxylic acids is 1. The average Bonchev–Trinajstić information content (AvgIpc) is 2.74. The molecule has 0 aliphatic heterocycles. The Morgan fingerprint density at radius 1 is 0.742 bits per heavy atom. The molecule has 0 bridgehead atoms. The fraction of sp³-hybridized carbons (Fsp3) is 0.192. The first-order chi connectivity index (χ1) is 14.7. The molecule has 0 spiro atoms. The minimum Gasteiger partial charge on any atom is -0.478 e. The van der Waals surface area contributed by atoms with Gasteiger partial charge >= 0.3 is 11.9 Å². The number of hydrogen-bond acceptors (Lipinski definition) is 3. The van der Waals surface area contributed by atoms with Crippen LogP contribution < -0.4 is 15.9 Å². The number of esters is 1. The number of carboxylic acid groups (broad SMARTS) is 1. The first-order valence-corrected chi connectivity index (χ1v) is 11.9. The zero-order valence-electron chi connectivity index (χ0n) is 18.0. The van der Waals surface area contributed by atoms with Crippen LogP contribution in [0.5, 0.6) is 0 Å². The predicted octanol–water partition coefficient (Wildman–Crippen LogP) is 3.97. The standard InChI is InChI=1S/C26H27O4P/c1-26(2,3)30-24(27)19-23(25(28)29)31(20-13-7-4-8-14-20,21-15-9-5-10-16-21)22-17-11-6-12-18-22/h4-18H,19H2,1-3H3,(H,28,29). The highest BCUT2D eigenvalue weighted by Crippen LogP contribution is 2.47. The lowest BCUT2D eigenvalue weighted by atomic mass is 10.2. The minimum atomic E-state index is -2.82. The van der Waals surface area contributed by atoms with Crippen molar-refractivity contribution in [2.75, 3.05) is 0 Å². The second-order valence-electron chi connectivity index (χ2n) is 8.19. The van der Waals surface area contributed by atoms with E-state index in [9.17, 15) is 14.7 Å². The van der Waals surface area contributed by atoms with Gasteiger partial charge in [-0.3, -0.25) is 4.79 Å². The van der Waals surface area contributed by atoms with Crippen LogP contribution in [-0.2, 0) is 14.3 Å². The molecule has 3 aromatic rings. The lowest BCUT2D eigenvalue weighted by Gasteiger charge is -2.31. The maximum absolute atomic E-state index is 12.8. The van der Waals surface area contributed by atoms with Crippen LogP contribution in [0, 0.1) is 0 Å². The van der Waals surface area contributed by atoms with Gasteiger partial charge in [-0.1, -0.05) is 91.0 Å². The number of carbonyl (C=O) groups excluding carboxylic acids is 1. The molecule has 0 atom stereocenters. The molecule has 0 aliphatic rings. The molecule has 0 fully saturated rings. The van der Waals surface area contributed by atoms with Gasteiger partial charge in [0.15, 0.2) is 0 Å². The van der Waals surface area contributed by atoms with Gasteiger partial charge in [0.2, 0.25) is 0 Å². The number of carbonyl (C=O) groups is 2. The van der Waals surface area contributed by atoms with E-state index in [2.05, 4.69) is 0 Å². The van der Waals surface area contributed by atoms with Crippen LogP contribution in [0.25, 0.3) is 0 Å². The van der Waals surface area contributed by atoms with Gasteiger partial charge in [0, 0.05) is 0 Å². The molecule has 3 rings (SSSR count). The largest absolute Gasteiger partial charge is 0.478 e. The molecule has 0 aromatic heterocycles. The second-order valence-corrected chi connectivity index (χ2v) is 11.6. The first kappa shape index (κ1) is 22.6. The van der Waals surface area contributed by atoms with Crippen molar-refractivity contribution in [1.82, 2.24) is 0 Å². The molecule has 31 heavy (non-hydrogen) atoms. The topological polar surface area (TPSA) is 63.6 Å². The number of benzene rings is 3. The zero-order valence-corrected chi connectivity index (χ0v) is 18.9. The third-order valence-corrected chi connectivity index (χ3v) is 9.19. The van der Waals surface area contributed by atoms with E-state index < -0.39 is 24.4 Å². The van der Waals surface area contributed by atoms with Gasteiger partial charge < -0.3 is 9.84 Å². The van der Waals surface area contributed by atoms with Crippen molar-refractivity contribution in [2.45, 2.75) is 32.8 Å². The number of carboxylic acids is 1. The highest BCUT2D eigenvalue weighted by Gasteiger charge is 2.34. The highest BCUT2D eigenvalue weighted by molar-refractivity contribution is 7.96. The summed E-state index contributed by atoms with van der Waals surface area (Å²) >= 11 is 0. The van der Waals surface area contributed by atoms with Crippen molar-refractivity contribution in [1.29, 1.82) is 0 Å². The Bertz CT molecular complexity index is 995. The van der Waals surface area contributed by atoms with E-state index >= 15 is 0 Å². The van der Waals surface area contributed by atoms with E-state index in [1.165, 1.54) is 0 Å². The maximum atomic E-state index is 12.8. The van der Waals surface area contributed by atoms with Gasteiger partial charge in [-0.2, -0.15) is 0 Å². The predicted molar refractivity (Wildman–Crippen MR) is 128 cm³/mol. The van der Waals surface area contributed by atoms with Crippen LogP contribution in [-0.4, -0.2) is 27.9 Å². The van der Waals surface area contributed by atoms with E-state index in [-0.39, 0.29) is 11.7 Å². The molecule has 3 aromatic carbocycles. The summed E-state index contributed by atoms with van der Waals surface area (Å²) in [6, 6.07) is 28.9. The zero-order chi connectivity index (χ0) is 22.5. The Labute approximate surface area is 183 Å². The molecule has 0 aliphatic carbocycles. The fourth-order valence-electron chi connectivity index (χ4n) is 3.72. The second kappa shape index (κ2) is 9.36. The van der Waals surface area contributed by atoms with Crippen LogP contribution in [0.2, 0.25) is 0 Å². The van der Waals surface area contributed by atoms with Crippen molar-refractivity contribution < 1.29 is 19.4 Å². The molecule has 0 saturated carbocycles. The summed E-state index contributed by atoms with van der Waals surface area (Å²) in [7, 11) is 0. The van der Waals surface area contributed by atoms with Crippen LogP contribution in [0.15, 0.2) is 91.0 Å². The van der Waals surface area contributed by atoms with Gasteiger partial charge in [-0.15, -0.1) is 0 Å². The summed E-state index contributed by atoms with van der Waals surface area (Å²) in [6.45, 7) is 2.51. The molecular formula is C26H27O4P. The van der Waals surface area contributed by atoms with Gasteiger partial charge in [0.05, 0.1) is 11.7 Å². The van der Waals surface area contributed by atoms with Crippen LogP contribution in [0.3, 0.4) is 0 Å². The molecule has 5 heteroatoms. The summed E-state index contributed by atoms with van der Waals surface area (Å²) in [5, 5.41) is 13.2. The molecule has 0 amide bonds. The molecule has 0 saturated heterocycles. The smallest absolute Gasteiger partial charge is 0.333 e. The van der Waals surface area contributed by atoms with Gasteiger partial charge in [-0.25, -0.2) is 4.79 Å². The molecule has 4 nitrogen and oxygen atoms in total. The molecule has 160 valence electrons. The first-order valence-electron chi connectivity index (χ1n) is 10.1. The van der Waals surface area contributed by atoms with Gasteiger partial charge in [0.1, 0.15) is 5.60 Å². The van der Waals surface area contributed by atoms with Crippen molar-refractivity contribution in [3.63, 3.8) is 0 Å². The molecular weight excluding hydrogens is 407 g/mol. The Balaban J connectivity index is 2.45. The normalized spacial score (nSPS) is 11.6. The Morgan fingerprint density at radius 3 is 1.39 bits per heavy atom. The number of hydrogen-bond donors (Lipinski definition) is 1. The van der Waals surface area contributed by atoms with E-state index in [0.29, 0.717) is 0 Å². The Kier molecular flexibility index (Phi) is 6.82. The Morgan fingerprint density at radius 2 is 1.10 bits per heavy atom.